The Balaban J connectivity index is 2.72. The summed E-state index contributed by atoms with van der Waals surface area (Å²) in [6.45, 7) is 2.58. The fourth-order valence-electron chi connectivity index (χ4n) is 2.21. The van der Waals surface area contributed by atoms with Gasteiger partial charge in [0.1, 0.15) is 0 Å². The van der Waals surface area contributed by atoms with Gasteiger partial charge in [-0.3, -0.25) is 0 Å². The van der Waals surface area contributed by atoms with Crippen LogP contribution >= 0.6 is 0 Å². The first-order valence-electron chi connectivity index (χ1n) is 5.81. The molecule has 0 aromatic rings. The molecule has 0 unspecified atom stereocenters. The topological polar surface area (TPSA) is 63.4 Å². The minimum atomic E-state index is -3.07. The van der Waals surface area contributed by atoms with Gasteiger partial charge >= 0.3 is 0 Å². The summed E-state index contributed by atoms with van der Waals surface area (Å²) in [7, 11) is -3.07. The molecule has 1 aliphatic carbocycles. The molecule has 0 aromatic heterocycles. The van der Waals surface area contributed by atoms with E-state index in [1.54, 1.807) is 11.2 Å². The van der Waals surface area contributed by atoms with Gasteiger partial charge in [0, 0.05) is 19.1 Å². The lowest BCUT2D eigenvalue weighted by Crippen LogP contribution is -2.44. The van der Waals surface area contributed by atoms with Crippen molar-refractivity contribution in [3.8, 4) is 0 Å². The quantitative estimate of drug-likeness (QED) is 0.769. The molecule has 1 rings (SSSR count). The van der Waals surface area contributed by atoms with Crippen molar-refractivity contribution in [3.05, 3.63) is 0 Å². The lowest BCUT2D eigenvalue weighted by Gasteiger charge is -2.32. The third-order valence-electron chi connectivity index (χ3n) is 3.05. The molecule has 1 fully saturated rings. The van der Waals surface area contributed by atoms with Crippen LogP contribution in [0.1, 0.15) is 39.0 Å². The lowest BCUT2D eigenvalue weighted by molar-refractivity contribution is 0.257. The zero-order chi connectivity index (χ0) is 11.3. The summed E-state index contributed by atoms with van der Waals surface area (Å²) in [5.41, 5.74) is 5.48. The maximum Gasteiger partial charge on any atom is 0.214 e. The Morgan fingerprint density at radius 1 is 1.27 bits per heavy atom. The number of sulfonamides is 1. The molecule has 0 amide bonds. The van der Waals surface area contributed by atoms with Crippen LogP contribution in [0.25, 0.3) is 0 Å². The van der Waals surface area contributed by atoms with Crippen molar-refractivity contribution in [2.24, 2.45) is 5.73 Å². The molecule has 5 heteroatoms. The molecule has 1 aliphatic rings. The highest BCUT2D eigenvalue weighted by atomic mass is 32.2. The molecular formula is C10H22N2O2S. The van der Waals surface area contributed by atoms with E-state index in [-0.39, 0.29) is 11.8 Å². The number of hydrogen-bond donors (Lipinski definition) is 1. The Kier molecular flexibility index (Phi) is 5.02. The number of hydrogen-bond acceptors (Lipinski definition) is 3. The van der Waals surface area contributed by atoms with E-state index in [1.165, 1.54) is 6.42 Å². The minimum Gasteiger partial charge on any atom is -0.329 e. The average molecular weight is 234 g/mol. The van der Waals surface area contributed by atoms with Crippen molar-refractivity contribution < 1.29 is 8.42 Å². The van der Waals surface area contributed by atoms with Crippen LogP contribution in [0.4, 0.5) is 0 Å². The van der Waals surface area contributed by atoms with Gasteiger partial charge in [0.15, 0.2) is 0 Å². The van der Waals surface area contributed by atoms with Crippen LogP contribution in [0.15, 0.2) is 0 Å². The SMILES string of the molecule is CCS(=O)(=O)N(CCN)C1CCCCC1. The molecule has 1 saturated carbocycles. The van der Waals surface area contributed by atoms with E-state index >= 15 is 0 Å². The molecule has 15 heavy (non-hydrogen) atoms. The molecule has 2 N–H and O–H groups in total. The van der Waals surface area contributed by atoms with E-state index in [0.717, 1.165) is 25.7 Å². The molecular weight excluding hydrogens is 212 g/mol. The monoisotopic (exact) mass is 234 g/mol. The van der Waals surface area contributed by atoms with Gasteiger partial charge in [0.2, 0.25) is 10.0 Å². The van der Waals surface area contributed by atoms with Gasteiger partial charge in [0.05, 0.1) is 5.75 Å². The van der Waals surface area contributed by atoms with Crippen LogP contribution in [0.5, 0.6) is 0 Å². The van der Waals surface area contributed by atoms with E-state index < -0.39 is 10.0 Å². The summed E-state index contributed by atoms with van der Waals surface area (Å²) in [5, 5.41) is 0. The van der Waals surface area contributed by atoms with Gasteiger partial charge in [-0.05, 0) is 19.8 Å². The first-order chi connectivity index (χ1) is 7.11. The highest BCUT2D eigenvalue weighted by Gasteiger charge is 2.28. The van der Waals surface area contributed by atoms with Gasteiger partial charge < -0.3 is 5.73 Å². The molecule has 90 valence electrons. The van der Waals surface area contributed by atoms with Crippen molar-refractivity contribution >= 4 is 10.0 Å². The van der Waals surface area contributed by atoms with Gasteiger partial charge in [0.25, 0.3) is 0 Å². The molecule has 0 heterocycles. The summed E-state index contributed by atoms with van der Waals surface area (Å²) < 4.78 is 25.3. The van der Waals surface area contributed by atoms with Crippen molar-refractivity contribution in [3.63, 3.8) is 0 Å². The first-order valence-corrected chi connectivity index (χ1v) is 7.42. The fraction of sp³-hybridized carbons (Fsp3) is 1.00. The summed E-state index contributed by atoms with van der Waals surface area (Å²) in [4.78, 5) is 0. The third kappa shape index (κ3) is 3.43. The Labute approximate surface area is 92.9 Å². The van der Waals surface area contributed by atoms with Gasteiger partial charge in [-0.1, -0.05) is 19.3 Å². The highest BCUT2D eigenvalue weighted by Crippen LogP contribution is 2.24. The molecule has 0 atom stereocenters. The zero-order valence-corrected chi connectivity index (χ0v) is 10.3. The maximum atomic E-state index is 11.9. The molecule has 0 aromatic carbocycles. The second kappa shape index (κ2) is 5.82. The van der Waals surface area contributed by atoms with Crippen LogP contribution in [0, 0.1) is 0 Å². The summed E-state index contributed by atoms with van der Waals surface area (Å²) >= 11 is 0. The summed E-state index contributed by atoms with van der Waals surface area (Å²) in [6, 6.07) is 0.201. The van der Waals surface area contributed by atoms with Crippen LogP contribution in [0.2, 0.25) is 0 Å². The molecule has 0 saturated heterocycles. The third-order valence-corrected chi connectivity index (χ3v) is 4.98. The van der Waals surface area contributed by atoms with Crippen LogP contribution in [0.3, 0.4) is 0 Å². The van der Waals surface area contributed by atoms with E-state index in [0.29, 0.717) is 13.1 Å². The number of nitrogens with two attached hydrogens (primary N) is 1. The van der Waals surface area contributed by atoms with Crippen LogP contribution in [-0.4, -0.2) is 37.6 Å². The van der Waals surface area contributed by atoms with Crippen LogP contribution in [-0.2, 0) is 10.0 Å². The molecule has 0 bridgehead atoms. The second-order valence-corrected chi connectivity index (χ2v) is 6.30. The maximum absolute atomic E-state index is 11.9. The highest BCUT2D eigenvalue weighted by molar-refractivity contribution is 7.89. The molecule has 0 aliphatic heterocycles. The molecule has 4 nitrogen and oxygen atoms in total. The summed E-state index contributed by atoms with van der Waals surface area (Å²) in [6.07, 6.45) is 5.52. The Morgan fingerprint density at radius 2 is 1.87 bits per heavy atom. The Hall–Kier alpha value is -0.130. The molecule has 0 radical (unpaired) electrons. The smallest absolute Gasteiger partial charge is 0.214 e. The van der Waals surface area contributed by atoms with Gasteiger partial charge in [-0.2, -0.15) is 4.31 Å². The van der Waals surface area contributed by atoms with Crippen LogP contribution < -0.4 is 5.73 Å². The predicted molar refractivity (Wildman–Crippen MR) is 62.1 cm³/mol. The Morgan fingerprint density at radius 3 is 2.33 bits per heavy atom. The standard InChI is InChI=1S/C10H22N2O2S/c1-2-15(13,14)12(9-8-11)10-6-4-3-5-7-10/h10H,2-9,11H2,1H3. The second-order valence-electron chi connectivity index (χ2n) is 4.09. The number of nitrogens with zero attached hydrogens (tertiary/aromatic N) is 1. The lowest BCUT2D eigenvalue weighted by atomic mass is 9.95. The average Bonchev–Trinajstić information content (AvgIpc) is 2.27. The summed E-state index contributed by atoms with van der Waals surface area (Å²) in [5.74, 6) is 0.184. The zero-order valence-electron chi connectivity index (χ0n) is 9.48. The van der Waals surface area contributed by atoms with Crippen molar-refractivity contribution in [2.75, 3.05) is 18.8 Å². The van der Waals surface area contributed by atoms with E-state index in [1.807, 2.05) is 0 Å². The van der Waals surface area contributed by atoms with E-state index in [2.05, 4.69) is 0 Å². The van der Waals surface area contributed by atoms with Gasteiger partial charge in [-0.25, -0.2) is 8.42 Å². The van der Waals surface area contributed by atoms with Crippen molar-refractivity contribution in [2.45, 2.75) is 45.1 Å². The van der Waals surface area contributed by atoms with Crippen molar-refractivity contribution in [1.29, 1.82) is 0 Å². The van der Waals surface area contributed by atoms with Crippen molar-refractivity contribution in [1.82, 2.24) is 4.31 Å². The normalized spacial score (nSPS) is 19.7. The Bertz CT molecular complexity index is 271. The van der Waals surface area contributed by atoms with E-state index in [9.17, 15) is 8.42 Å². The van der Waals surface area contributed by atoms with E-state index in [4.69, 9.17) is 5.73 Å². The largest absolute Gasteiger partial charge is 0.329 e. The minimum absolute atomic E-state index is 0.184. The number of rotatable bonds is 5. The first kappa shape index (κ1) is 12.9. The predicted octanol–water partition coefficient (Wildman–Crippen LogP) is 0.929. The fourth-order valence-corrected chi connectivity index (χ4v) is 3.59. The molecule has 0 spiro atoms. The van der Waals surface area contributed by atoms with Gasteiger partial charge in [-0.15, -0.1) is 0 Å².